The second kappa shape index (κ2) is 26.6. The number of nitrogens with zero attached hydrogens (tertiary/aromatic N) is 2. The first kappa shape index (κ1) is 40.9. The van der Waals surface area contributed by atoms with Crippen LogP contribution in [0.3, 0.4) is 0 Å². The molecule has 1 heterocycles. The zero-order valence-electron chi connectivity index (χ0n) is 28.5. The molecule has 1 N–H and O–H groups in total. The van der Waals surface area contributed by atoms with Crippen LogP contribution in [0.5, 0.6) is 0 Å². The van der Waals surface area contributed by atoms with Gasteiger partial charge in [0.1, 0.15) is 11.6 Å². The van der Waals surface area contributed by atoms with Crippen LogP contribution in [0.2, 0.25) is 0 Å². The van der Waals surface area contributed by atoms with E-state index in [9.17, 15) is 8.78 Å². The van der Waals surface area contributed by atoms with Gasteiger partial charge in [-0.05, 0) is 70.7 Å². The molecule has 0 atom stereocenters. The number of halogens is 2. The summed E-state index contributed by atoms with van der Waals surface area (Å²) in [5.74, 6) is -0.892. The maximum absolute atomic E-state index is 12.9. The second-order valence-corrected chi connectivity index (χ2v) is 10.5. The van der Waals surface area contributed by atoms with Gasteiger partial charge in [-0.1, -0.05) is 92.2 Å². The van der Waals surface area contributed by atoms with Crippen molar-refractivity contribution in [3.8, 4) is 0 Å². The molecular weight excluding hydrogens is 512 g/mol. The van der Waals surface area contributed by atoms with E-state index in [2.05, 4.69) is 89.7 Å². The Balaban J connectivity index is 0. The number of aliphatic imine (C=N–C) groups is 1. The third-order valence-electron chi connectivity index (χ3n) is 6.59. The molecule has 0 aliphatic carbocycles. The molecule has 236 valence electrons. The van der Waals surface area contributed by atoms with Crippen LogP contribution in [0.15, 0.2) is 52.3 Å². The molecule has 41 heavy (non-hydrogen) atoms. The normalized spacial score (nSPS) is 14.3. The number of benzene rings is 1. The van der Waals surface area contributed by atoms with E-state index in [0.717, 1.165) is 56.7 Å². The molecule has 0 bridgehead atoms. The van der Waals surface area contributed by atoms with Crippen LogP contribution in [0, 0.1) is 18.6 Å². The summed E-state index contributed by atoms with van der Waals surface area (Å²) in [4.78, 5) is 7.05. The number of nitrogens with one attached hydrogen (secondary N) is 1. The number of unbranched alkanes of at least 4 members (excludes halogenated alkanes) is 3. The van der Waals surface area contributed by atoms with Crippen molar-refractivity contribution in [1.29, 1.82) is 0 Å². The van der Waals surface area contributed by atoms with Crippen LogP contribution < -0.4 is 5.32 Å². The minimum atomic E-state index is -0.446. The minimum Gasteiger partial charge on any atom is -0.372 e. The molecule has 1 aliphatic heterocycles. The number of hydrogen-bond acceptors (Lipinski definition) is 3. The third kappa shape index (κ3) is 18.7. The van der Waals surface area contributed by atoms with Crippen molar-refractivity contribution in [3.05, 3.63) is 70.1 Å². The zero-order chi connectivity index (χ0) is 31.6. The van der Waals surface area contributed by atoms with E-state index in [1.807, 2.05) is 13.1 Å². The topological polar surface area (TPSA) is 27.6 Å². The molecule has 2 rings (SSSR count). The van der Waals surface area contributed by atoms with Crippen LogP contribution >= 0.6 is 0 Å². The van der Waals surface area contributed by atoms with Crippen molar-refractivity contribution < 1.29 is 8.78 Å². The van der Waals surface area contributed by atoms with Crippen molar-refractivity contribution in [1.82, 2.24) is 10.2 Å². The van der Waals surface area contributed by atoms with Crippen molar-refractivity contribution >= 4 is 5.71 Å². The van der Waals surface area contributed by atoms with Gasteiger partial charge in [0.25, 0.3) is 0 Å². The zero-order valence-corrected chi connectivity index (χ0v) is 28.5. The molecule has 3 nitrogen and oxygen atoms in total. The lowest BCUT2D eigenvalue weighted by Gasteiger charge is -2.32. The molecule has 0 saturated carbocycles. The smallest absolute Gasteiger partial charge is 0.129 e. The van der Waals surface area contributed by atoms with Crippen LogP contribution in [0.25, 0.3) is 0 Å². The summed E-state index contributed by atoms with van der Waals surface area (Å²) in [6.45, 7) is 27.1. The highest BCUT2D eigenvalue weighted by atomic mass is 19.1. The molecule has 0 radical (unpaired) electrons. The van der Waals surface area contributed by atoms with Crippen molar-refractivity contribution in [2.45, 2.75) is 128 Å². The average Bonchev–Trinajstić information content (AvgIpc) is 2.96. The summed E-state index contributed by atoms with van der Waals surface area (Å²) in [5, 5.41) is 3.40. The number of piperazine rings is 1. The van der Waals surface area contributed by atoms with Gasteiger partial charge in [0.05, 0.1) is 0 Å². The van der Waals surface area contributed by atoms with Gasteiger partial charge in [-0.3, -0.25) is 4.99 Å². The van der Waals surface area contributed by atoms with Gasteiger partial charge in [-0.15, -0.1) is 0 Å². The predicted octanol–water partition coefficient (Wildman–Crippen LogP) is 10.7. The maximum atomic E-state index is 12.9. The largest absolute Gasteiger partial charge is 0.372 e. The lowest BCUT2D eigenvalue weighted by Crippen LogP contribution is -2.43. The Labute approximate surface area is 253 Å². The second-order valence-electron chi connectivity index (χ2n) is 10.5. The van der Waals surface area contributed by atoms with E-state index in [4.69, 9.17) is 0 Å². The Morgan fingerprint density at radius 1 is 0.902 bits per heavy atom. The first-order valence-corrected chi connectivity index (χ1v) is 16.0. The highest BCUT2D eigenvalue weighted by Crippen LogP contribution is 2.20. The summed E-state index contributed by atoms with van der Waals surface area (Å²) in [5.41, 5.74) is 5.87. The number of aryl methyl sites for hydroxylation is 1. The lowest BCUT2D eigenvalue weighted by molar-refractivity contribution is 0.298. The molecule has 1 saturated heterocycles. The molecule has 0 spiro atoms. The molecule has 1 fully saturated rings. The molecule has 5 heteroatoms. The van der Waals surface area contributed by atoms with Gasteiger partial charge >= 0.3 is 0 Å². The van der Waals surface area contributed by atoms with Gasteiger partial charge in [-0.2, -0.15) is 0 Å². The minimum absolute atomic E-state index is 0.106. The summed E-state index contributed by atoms with van der Waals surface area (Å²) in [6.07, 6.45) is 15.6. The highest BCUT2D eigenvalue weighted by Gasteiger charge is 2.16. The Hall–Kier alpha value is -2.27. The molecule has 1 aromatic carbocycles. The Morgan fingerprint density at radius 2 is 1.41 bits per heavy atom. The fourth-order valence-corrected chi connectivity index (χ4v) is 4.10. The summed E-state index contributed by atoms with van der Waals surface area (Å²) in [7, 11) is 0. The molecule has 1 aliphatic rings. The van der Waals surface area contributed by atoms with E-state index in [1.165, 1.54) is 68.0 Å². The molecular formula is C36H63F2N3. The van der Waals surface area contributed by atoms with Crippen LogP contribution in [-0.4, -0.2) is 36.8 Å². The Kier molecular flexibility index (Phi) is 26.5. The van der Waals surface area contributed by atoms with Crippen LogP contribution in [0.4, 0.5) is 8.78 Å². The highest BCUT2D eigenvalue weighted by molar-refractivity contribution is 6.02. The predicted molar refractivity (Wildman–Crippen MR) is 180 cm³/mol. The van der Waals surface area contributed by atoms with E-state index < -0.39 is 11.6 Å². The van der Waals surface area contributed by atoms with Crippen molar-refractivity contribution in [2.24, 2.45) is 4.99 Å². The van der Waals surface area contributed by atoms with Gasteiger partial charge in [0.2, 0.25) is 0 Å². The Bertz CT molecular complexity index is 896. The van der Waals surface area contributed by atoms with Gasteiger partial charge in [-0.25, -0.2) is 8.78 Å². The molecule has 1 aromatic rings. The van der Waals surface area contributed by atoms with Crippen molar-refractivity contribution in [2.75, 3.05) is 26.2 Å². The average molecular weight is 576 g/mol. The first-order valence-electron chi connectivity index (χ1n) is 16.0. The monoisotopic (exact) mass is 575 g/mol. The van der Waals surface area contributed by atoms with Crippen LogP contribution in [0.1, 0.15) is 125 Å². The molecule has 0 amide bonds. The number of hydrogen-bond donors (Lipinski definition) is 1. The fourth-order valence-electron chi connectivity index (χ4n) is 4.10. The fraction of sp³-hybridized carbons (Fsp3) is 0.639. The van der Waals surface area contributed by atoms with E-state index in [0.29, 0.717) is 0 Å². The first-order chi connectivity index (χ1) is 19.6. The van der Waals surface area contributed by atoms with Gasteiger partial charge in [0.15, 0.2) is 0 Å². The standard InChI is InChI=1S/C17H29N3.C10H12F2.C6H14.C3H8/c1-6-8-9-19-15(4)17(14(3)7-2)16(5)20-12-10-18-11-13-20;1-3-4-8-5-9(11)7(2)10(12)6-8;1-3-5-6-4-2;1-3-2/h7-9,18H,6,10-13H2,1-5H3;5-6H,3-4H2,1-2H3;3-6H2,1-2H3;3H2,1-2H3/b9-8+,14-7-,17-16+,19-15+;;;. The lowest BCUT2D eigenvalue weighted by atomic mass is 10.00. The molecule has 0 unspecified atom stereocenters. The summed E-state index contributed by atoms with van der Waals surface area (Å²) in [6, 6.07) is 2.81. The van der Waals surface area contributed by atoms with E-state index in [-0.39, 0.29) is 5.56 Å². The van der Waals surface area contributed by atoms with E-state index >= 15 is 0 Å². The van der Waals surface area contributed by atoms with Crippen LogP contribution in [-0.2, 0) is 6.42 Å². The SMILES string of the molecule is CCC.CCCCCC.CCCc1cc(F)c(C)c(F)c1.C\C=C(C)/C(C(/C)=N/C=C/CC)=C(/C)N1CCNCC1. The summed E-state index contributed by atoms with van der Waals surface area (Å²) >= 11 is 0. The molecule has 0 aromatic heterocycles. The third-order valence-corrected chi connectivity index (χ3v) is 6.59. The quantitative estimate of drug-likeness (QED) is 0.171. The van der Waals surface area contributed by atoms with Gasteiger partial charge < -0.3 is 10.2 Å². The van der Waals surface area contributed by atoms with E-state index in [1.54, 1.807) is 0 Å². The van der Waals surface area contributed by atoms with Gasteiger partial charge in [0, 0.05) is 54.9 Å². The maximum Gasteiger partial charge on any atom is 0.129 e. The number of rotatable bonds is 10. The Morgan fingerprint density at radius 3 is 1.83 bits per heavy atom. The van der Waals surface area contributed by atoms with Crippen molar-refractivity contribution in [3.63, 3.8) is 0 Å². The number of allylic oxidation sites excluding steroid dienone is 5. The summed E-state index contributed by atoms with van der Waals surface area (Å²) < 4.78 is 25.8.